The van der Waals surface area contributed by atoms with Gasteiger partial charge in [0, 0.05) is 6.42 Å². The molecule has 0 aliphatic heterocycles. The summed E-state index contributed by atoms with van der Waals surface area (Å²) in [6.07, 6.45) is -0.697. The number of ketones is 1. The van der Waals surface area contributed by atoms with Crippen molar-refractivity contribution < 1.29 is 51.0 Å². The second-order valence-corrected chi connectivity index (χ2v) is 7.49. The fraction of sp³-hybridized carbons (Fsp3) is 0.526. The van der Waals surface area contributed by atoms with Crippen LogP contribution in [-0.4, -0.2) is 84.1 Å². The van der Waals surface area contributed by atoms with Crippen molar-refractivity contribution in [1.29, 1.82) is 0 Å². The van der Waals surface area contributed by atoms with E-state index in [0.29, 0.717) is 0 Å². The van der Waals surface area contributed by atoms with Gasteiger partial charge in [0.25, 0.3) is 10.1 Å². The number of ether oxygens (including phenoxy) is 4. The van der Waals surface area contributed by atoms with Gasteiger partial charge in [-0.15, -0.1) is 0 Å². The van der Waals surface area contributed by atoms with Gasteiger partial charge < -0.3 is 24.1 Å². The summed E-state index contributed by atoms with van der Waals surface area (Å²) in [5, 5.41) is 8.38. The van der Waals surface area contributed by atoms with Crippen molar-refractivity contribution in [3.63, 3.8) is 0 Å². The Morgan fingerprint density at radius 2 is 1.26 bits per heavy atom. The van der Waals surface area contributed by atoms with E-state index in [1.807, 2.05) is 0 Å². The minimum atomic E-state index is -3.79. The van der Waals surface area contributed by atoms with Gasteiger partial charge >= 0.3 is 11.9 Å². The molecule has 0 unspecified atom stereocenters. The molecule has 0 fully saturated rings. The van der Waals surface area contributed by atoms with Crippen molar-refractivity contribution in [2.75, 3.05) is 52.9 Å². The highest BCUT2D eigenvalue weighted by Gasteiger charge is 2.14. The summed E-state index contributed by atoms with van der Waals surface area (Å²) >= 11 is 0. The second kappa shape index (κ2) is 15.4. The molecule has 0 bridgehead atoms. The normalized spacial score (nSPS) is 11.2. The summed E-state index contributed by atoms with van der Waals surface area (Å²) < 4.78 is 49.0. The van der Waals surface area contributed by atoms with Crippen molar-refractivity contribution >= 4 is 27.8 Å². The van der Waals surface area contributed by atoms with Gasteiger partial charge in [-0.2, -0.15) is 8.42 Å². The highest BCUT2D eigenvalue weighted by atomic mass is 32.2. The molecule has 1 aromatic carbocycles. The topological polar surface area (TPSA) is 152 Å². The Hall–Kier alpha value is -2.38. The Kier molecular flexibility index (Phi) is 13.3. The third-order valence-electron chi connectivity index (χ3n) is 3.53. The molecule has 0 saturated heterocycles. The number of Topliss-reactive ketones (excluding diaryl/α,β-unsaturated/α-hetero) is 1. The van der Waals surface area contributed by atoms with Crippen LogP contribution >= 0.6 is 0 Å². The maximum absolute atomic E-state index is 11.9. The first-order chi connectivity index (χ1) is 14.8. The zero-order valence-corrected chi connectivity index (χ0v) is 17.7. The van der Waals surface area contributed by atoms with Crippen LogP contribution in [0, 0.1) is 0 Å². The molecule has 0 amide bonds. The molecule has 0 aromatic heterocycles. The van der Waals surface area contributed by atoms with Crippen molar-refractivity contribution in [3.05, 3.63) is 30.3 Å². The fourth-order valence-electron chi connectivity index (χ4n) is 2.01. The van der Waals surface area contributed by atoms with E-state index in [1.165, 1.54) is 12.1 Å². The maximum atomic E-state index is 11.9. The molecule has 1 rings (SSSR count). The minimum Gasteiger partial charge on any atom is -0.476 e. The molecule has 0 atom stereocenters. The van der Waals surface area contributed by atoms with Crippen molar-refractivity contribution in [3.8, 4) is 0 Å². The van der Waals surface area contributed by atoms with Gasteiger partial charge in [-0.25, -0.2) is 4.79 Å². The van der Waals surface area contributed by atoms with Crippen LogP contribution in [0.5, 0.6) is 0 Å². The first-order valence-electron chi connectivity index (χ1n) is 9.42. The summed E-state index contributed by atoms with van der Waals surface area (Å²) in [6.45, 7) is 1.17. The highest BCUT2D eigenvalue weighted by molar-refractivity contribution is 7.86. The molecule has 0 radical (unpaired) electrons. The van der Waals surface area contributed by atoms with Crippen molar-refractivity contribution in [1.82, 2.24) is 0 Å². The van der Waals surface area contributed by atoms with Crippen LogP contribution in [-0.2, 0) is 47.6 Å². The number of benzene rings is 1. The number of hydrogen-bond acceptors (Lipinski definition) is 10. The molecule has 0 aliphatic rings. The number of carboxylic acid groups (broad SMARTS) is 1. The van der Waals surface area contributed by atoms with Gasteiger partial charge in [-0.1, -0.05) is 18.2 Å². The molecule has 0 saturated carbocycles. The molecular weight excluding hydrogens is 436 g/mol. The van der Waals surface area contributed by atoms with Crippen LogP contribution in [0.2, 0.25) is 0 Å². The number of hydrogen-bond donors (Lipinski definition) is 1. The standard InChI is InChI=1S/C19H26O11S/c20-17(19(22)23)6-7-18(21)29-14-12-27-10-8-26-9-11-28-13-15-30-31(24,25)16-4-2-1-3-5-16/h1-5H,6-15H2,(H,22,23). The Morgan fingerprint density at radius 3 is 1.81 bits per heavy atom. The molecule has 0 aliphatic carbocycles. The van der Waals surface area contributed by atoms with E-state index in [9.17, 15) is 22.8 Å². The third kappa shape index (κ3) is 12.8. The first-order valence-corrected chi connectivity index (χ1v) is 10.8. The fourth-order valence-corrected chi connectivity index (χ4v) is 2.92. The summed E-state index contributed by atoms with van der Waals surface area (Å²) in [5.41, 5.74) is 0. The molecule has 11 nitrogen and oxygen atoms in total. The van der Waals surface area contributed by atoms with Crippen LogP contribution in [0.15, 0.2) is 35.2 Å². The average molecular weight is 462 g/mol. The number of rotatable bonds is 18. The number of esters is 1. The molecule has 174 valence electrons. The number of carbonyl (C=O) groups is 3. The molecule has 12 heteroatoms. The van der Waals surface area contributed by atoms with Crippen LogP contribution < -0.4 is 0 Å². The monoisotopic (exact) mass is 462 g/mol. The highest BCUT2D eigenvalue weighted by Crippen LogP contribution is 2.10. The molecular formula is C19H26O11S. The third-order valence-corrected chi connectivity index (χ3v) is 4.85. The summed E-state index contributed by atoms with van der Waals surface area (Å²) in [5.74, 6) is -3.29. The lowest BCUT2D eigenvalue weighted by molar-refractivity contribution is -0.151. The van der Waals surface area contributed by atoms with Crippen LogP contribution in [0.4, 0.5) is 0 Å². The predicted molar refractivity (Wildman–Crippen MR) is 105 cm³/mol. The van der Waals surface area contributed by atoms with E-state index in [2.05, 4.69) is 0 Å². The van der Waals surface area contributed by atoms with Gasteiger partial charge in [0.1, 0.15) is 6.61 Å². The summed E-state index contributed by atoms with van der Waals surface area (Å²) in [6, 6.07) is 7.81. The molecule has 1 N–H and O–H groups in total. The van der Waals surface area contributed by atoms with Crippen molar-refractivity contribution in [2.45, 2.75) is 17.7 Å². The van der Waals surface area contributed by atoms with Crippen LogP contribution in [0.3, 0.4) is 0 Å². The summed E-state index contributed by atoms with van der Waals surface area (Å²) in [4.78, 5) is 32.5. The van der Waals surface area contributed by atoms with Gasteiger partial charge in [0.2, 0.25) is 5.78 Å². The minimum absolute atomic E-state index is 0.0188. The van der Waals surface area contributed by atoms with E-state index in [1.54, 1.807) is 18.2 Å². The largest absolute Gasteiger partial charge is 0.476 e. The average Bonchev–Trinajstić information content (AvgIpc) is 2.75. The van der Waals surface area contributed by atoms with Crippen LogP contribution in [0.1, 0.15) is 12.8 Å². The maximum Gasteiger partial charge on any atom is 0.372 e. The summed E-state index contributed by atoms with van der Waals surface area (Å²) in [7, 11) is -3.79. The Morgan fingerprint density at radius 1 is 0.742 bits per heavy atom. The Labute approximate surface area is 180 Å². The molecule has 0 heterocycles. The van der Waals surface area contributed by atoms with E-state index in [-0.39, 0.29) is 64.2 Å². The van der Waals surface area contributed by atoms with E-state index in [4.69, 9.17) is 28.2 Å². The van der Waals surface area contributed by atoms with E-state index in [0.717, 1.165) is 0 Å². The van der Waals surface area contributed by atoms with Crippen molar-refractivity contribution in [2.24, 2.45) is 0 Å². The molecule has 0 spiro atoms. The smallest absolute Gasteiger partial charge is 0.372 e. The number of aliphatic carboxylic acids is 1. The Balaban J connectivity index is 1.89. The van der Waals surface area contributed by atoms with E-state index < -0.39 is 34.3 Å². The van der Waals surface area contributed by atoms with Gasteiger partial charge in [-0.3, -0.25) is 13.8 Å². The second-order valence-electron chi connectivity index (χ2n) is 5.88. The molecule has 1 aromatic rings. The lowest BCUT2D eigenvalue weighted by Crippen LogP contribution is -2.17. The van der Waals surface area contributed by atoms with Gasteiger partial charge in [0.05, 0.1) is 57.6 Å². The molecule has 31 heavy (non-hydrogen) atoms. The van der Waals surface area contributed by atoms with Gasteiger partial charge in [0.15, 0.2) is 0 Å². The SMILES string of the molecule is O=C(CCC(=O)C(=O)O)OCCOCCOCCOCCOS(=O)(=O)c1ccccc1. The van der Waals surface area contributed by atoms with Gasteiger partial charge in [-0.05, 0) is 12.1 Å². The lowest BCUT2D eigenvalue weighted by Gasteiger charge is -2.08. The zero-order valence-electron chi connectivity index (χ0n) is 16.9. The first kappa shape index (κ1) is 26.7. The number of carbonyl (C=O) groups excluding carboxylic acids is 2. The Bertz CT molecular complexity index is 777. The zero-order chi connectivity index (χ0) is 23.0. The van der Waals surface area contributed by atoms with E-state index >= 15 is 0 Å². The number of carboxylic acids is 1. The quantitative estimate of drug-likeness (QED) is 0.140. The van der Waals surface area contributed by atoms with Crippen LogP contribution in [0.25, 0.3) is 0 Å². The predicted octanol–water partition coefficient (Wildman–Crippen LogP) is 0.419. The lowest BCUT2D eigenvalue weighted by atomic mass is 10.2.